The Morgan fingerprint density at radius 1 is 0.345 bits per heavy atom. The van der Waals surface area contributed by atoms with Crippen molar-refractivity contribution in [1.82, 2.24) is 19.5 Å². The highest BCUT2D eigenvalue weighted by Gasteiger charge is 2.35. The monoisotopic (exact) mass is 742 g/mol. The van der Waals surface area contributed by atoms with Crippen LogP contribution < -0.4 is 0 Å². The van der Waals surface area contributed by atoms with E-state index in [-0.39, 0.29) is 5.41 Å². The van der Waals surface area contributed by atoms with Gasteiger partial charge in [0.15, 0.2) is 17.5 Å². The second-order valence-electron chi connectivity index (χ2n) is 15.7. The lowest BCUT2D eigenvalue weighted by atomic mass is 9.82. The van der Waals surface area contributed by atoms with Gasteiger partial charge in [-0.25, -0.2) is 15.0 Å². The largest absolute Gasteiger partial charge is 0.309 e. The van der Waals surface area contributed by atoms with Crippen molar-refractivity contribution in [3.8, 4) is 73.2 Å². The molecule has 1 aliphatic carbocycles. The van der Waals surface area contributed by atoms with Gasteiger partial charge in [0.25, 0.3) is 0 Å². The van der Waals surface area contributed by atoms with Crippen LogP contribution in [0.4, 0.5) is 0 Å². The van der Waals surface area contributed by atoms with E-state index in [1.54, 1.807) is 0 Å². The molecule has 0 unspecified atom stereocenters. The number of hydrogen-bond acceptors (Lipinski definition) is 3. The van der Waals surface area contributed by atoms with Gasteiger partial charge < -0.3 is 4.57 Å². The van der Waals surface area contributed by atoms with Gasteiger partial charge in [-0.05, 0) is 69.3 Å². The molecule has 2 aromatic heterocycles. The molecule has 2 heterocycles. The van der Waals surface area contributed by atoms with Gasteiger partial charge in [0, 0.05) is 38.4 Å². The second-order valence-corrected chi connectivity index (χ2v) is 15.7. The molecule has 0 amide bonds. The number of aromatic nitrogens is 4. The molecule has 4 heteroatoms. The molecule has 0 aliphatic heterocycles. The molecule has 1 aliphatic rings. The number of benzene rings is 8. The van der Waals surface area contributed by atoms with E-state index in [1.165, 1.54) is 44.2 Å². The predicted octanol–water partition coefficient (Wildman–Crippen LogP) is 13.6. The summed E-state index contributed by atoms with van der Waals surface area (Å²) in [4.78, 5) is 15.6. The Labute approximate surface area is 337 Å². The van der Waals surface area contributed by atoms with Crippen LogP contribution in [0.15, 0.2) is 194 Å². The second kappa shape index (κ2) is 13.4. The van der Waals surface area contributed by atoms with Crippen LogP contribution in [-0.4, -0.2) is 19.5 Å². The third kappa shape index (κ3) is 5.48. The smallest absolute Gasteiger partial charge is 0.164 e. The summed E-state index contributed by atoms with van der Waals surface area (Å²) in [7, 11) is 0. The maximum absolute atomic E-state index is 5.28. The van der Waals surface area contributed by atoms with Crippen LogP contribution in [-0.2, 0) is 5.41 Å². The number of fused-ring (bicyclic) bond motifs is 6. The van der Waals surface area contributed by atoms with Crippen molar-refractivity contribution in [2.45, 2.75) is 19.3 Å². The van der Waals surface area contributed by atoms with Crippen molar-refractivity contribution in [1.29, 1.82) is 0 Å². The molecule has 0 bridgehead atoms. The minimum Gasteiger partial charge on any atom is -0.309 e. The first-order chi connectivity index (χ1) is 28.5. The Morgan fingerprint density at radius 2 is 0.879 bits per heavy atom. The van der Waals surface area contributed by atoms with E-state index in [1.807, 2.05) is 18.2 Å². The van der Waals surface area contributed by atoms with Crippen LogP contribution in [0.2, 0.25) is 0 Å². The molecular weight excluding hydrogens is 705 g/mol. The number of para-hydroxylation sites is 1. The molecule has 0 saturated heterocycles. The summed E-state index contributed by atoms with van der Waals surface area (Å²) in [5.41, 5.74) is 15.9. The lowest BCUT2D eigenvalue weighted by Gasteiger charge is -2.21. The lowest BCUT2D eigenvalue weighted by Crippen LogP contribution is -2.14. The molecule has 4 nitrogen and oxygen atoms in total. The molecule has 11 rings (SSSR count). The van der Waals surface area contributed by atoms with E-state index < -0.39 is 0 Å². The van der Waals surface area contributed by atoms with Crippen molar-refractivity contribution in [3.63, 3.8) is 0 Å². The Morgan fingerprint density at radius 3 is 1.62 bits per heavy atom. The average Bonchev–Trinajstić information content (AvgIpc) is 3.74. The van der Waals surface area contributed by atoms with E-state index in [9.17, 15) is 0 Å². The van der Waals surface area contributed by atoms with Crippen LogP contribution >= 0.6 is 0 Å². The van der Waals surface area contributed by atoms with Crippen molar-refractivity contribution in [2.24, 2.45) is 0 Å². The molecule has 0 radical (unpaired) electrons. The first-order valence-electron chi connectivity index (χ1n) is 19.9. The SMILES string of the molecule is CC1(C)c2ccccc2-c2cc(-c3nc(-c4ccccc4)nc(-c4ccc(-c5ccccc5)c(-n5c6ccccc6c6cc(-c7ccccc7)ccc65)c4)n3)ccc21. The van der Waals surface area contributed by atoms with Gasteiger partial charge in [-0.1, -0.05) is 178 Å². The highest BCUT2D eigenvalue weighted by atomic mass is 15.0. The fraction of sp³-hybridized carbons (Fsp3) is 0.0556. The Balaban J connectivity index is 1.14. The minimum absolute atomic E-state index is 0.0866. The molecule has 0 spiro atoms. The first kappa shape index (κ1) is 33.9. The molecular formula is C54H38N4. The van der Waals surface area contributed by atoms with E-state index in [0.29, 0.717) is 17.5 Å². The molecule has 0 N–H and O–H groups in total. The molecule has 0 saturated carbocycles. The summed E-state index contributed by atoms with van der Waals surface area (Å²) in [6, 6.07) is 69.1. The number of hydrogen-bond donors (Lipinski definition) is 0. The normalized spacial score (nSPS) is 12.8. The van der Waals surface area contributed by atoms with Crippen molar-refractivity contribution in [3.05, 3.63) is 205 Å². The van der Waals surface area contributed by atoms with Crippen molar-refractivity contribution < 1.29 is 0 Å². The summed E-state index contributed by atoms with van der Waals surface area (Å²) < 4.78 is 2.41. The molecule has 8 aromatic carbocycles. The van der Waals surface area contributed by atoms with Gasteiger partial charge >= 0.3 is 0 Å². The summed E-state index contributed by atoms with van der Waals surface area (Å²) in [6.07, 6.45) is 0. The molecule has 0 atom stereocenters. The molecule has 0 fully saturated rings. The van der Waals surface area contributed by atoms with Gasteiger partial charge in [0.05, 0.1) is 16.7 Å². The summed E-state index contributed by atoms with van der Waals surface area (Å²) in [5.74, 6) is 1.91. The van der Waals surface area contributed by atoms with E-state index in [0.717, 1.165) is 44.5 Å². The van der Waals surface area contributed by atoms with Gasteiger partial charge in [0.2, 0.25) is 0 Å². The van der Waals surface area contributed by atoms with Crippen molar-refractivity contribution in [2.75, 3.05) is 0 Å². The standard InChI is InChI=1S/C54H38N4/c1-54(2)46-24-14-12-22-42(46)44-33-39(27-30-47(44)54)52-55-51(37-20-10-5-11-21-37)56-53(57-52)40-26-29-41(36-18-8-4-9-19-36)50(34-40)58-48-25-15-13-23-43(48)45-32-38(28-31-49(45)58)35-16-6-3-7-17-35/h3-34H,1-2H3. The van der Waals surface area contributed by atoms with Crippen molar-refractivity contribution >= 4 is 21.8 Å². The zero-order valence-corrected chi connectivity index (χ0v) is 32.3. The van der Waals surface area contributed by atoms with E-state index in [2.05, 4.69) is 194 Å². The topological polar surface area (TPSA) is 43.6 Å². The van der Waals surface area contributed by atoms with Gasteiger partial charge in [-0.2, -0.15) is 0 Å². The summed E-state index contributed by atoms with van der Waals surface area (Å²) in [6.45, 7) is 4.61. The highest BCUT2D eigenvalue weighted by molar-refractivity contribution is 6.11. The summed E-state index contributed by atoms with van der Waals surface area (Å²) >= 11 is 0. The minimum atomic E-state index is -0.0866. The van der Waals surface area contributed by atoms with Crippen LogP contribution in [0.25, 0.3) is 95.0 Å². The third-order valence-electron chi connectivity index (χ3n) is 11.9. The van der Waals surface area contributed by atoms with E-state index >= 15 is 0 Å². The number of nitrogens with zero attached hydrogens (tertiary/aromatic N) is 4. The predicted molar refractivity (Wildman–Crippen MR) is 239 cm³/mol. The van der Waals surface area contributed by atoms with Gasteiger partial charge in [0.1, 0.15) is 0 Å². The fourth-order valence-electron chi connectivity index (χ4n) is 8.97. The maximum atomic E-state index is 5.28. The molecule has 10 aromatic rings. The average molecular weight is 743 g/mol. The quantitative estimate of drug-likeness (QED) is 0.170. The Kier molecular flexibility index (Phi) is 7.80. The molecule has 274 valence electrons. The Bertz CT molecular complexity index is 3180. The van der Waals surface area contributed by atoms with E-state index in [4.69, 9.17) is 15.0 Å². The zero-order chi connectivity index (χ0) is 38.8. The van der Waals surface area contributed by atoms with Crippen LogP contribution in [0.5, 0.6) is 0 Å². The third-order valence-corrected chi connectivity index (χ3v) is 11.9. The highest BCUT2D eigenvalue weighted by Crippen LogP contribution is 2.49. The Hall–Kier alpha value is -7.43. The first-order valence-corrected chi connectivity index (χ1v) is 19.9. The number of rotatable bonds is 6. The maximum Gasteiger partial charge on any atom is 0.164 e. The van der Waals surface area contributed by atoms with Crippen LogP contribution in [0, 0.1) is 0 Å². The fourth-order valence-corrected chi connectivity index (χ4v) is 8.97. The van der Waals surface area contributed by atoms with Crippen LogP contribution in [0.1, 0.15) is 25.0 Å². The molecule has 58 heavy (non-hydrogen) atoms. The van der Waals surface area contributed by atoms with Gasteiger partial charge in [-0.15, -0.1) is 0 Å². The van der Waals surface area contributed by atoms with Gasteiger partial charge in [-0.3, -0.25) is 0 Å². The van der Waals surface area contributed by atoms with Crippen LogP contribution in [0.3, 0.4) is 0 Å². The summed E-state index contributed by atoms with van der Waals surface area (Å²) in [5, 5.41) is 2.41. The zero-order valence-electron chi connectivity index (χ0n) is 32.3. The lowest BCUT2D eigenvalue weighted by molar-refractivity contribution is 0.660.